The number of amides is 1. The number of rotatable bonds is 4. The van der Waals surface area contributed by atoms with E-state index < -0.39 is 9.84 Å². The number of halogens is 1. The van der Waals surface area contributed by atoms with Gasteiger partial charge in [0.25, 0.3) is 5.91 Å². The maximum atomic E-state index is 13.2. The summed E-state index contributed by atoms with van der Waals surface area (Å²) in [7, 11) is -3.50. The van der Waals surface area contributed by atoms with Gasteiger partial charge in [0.15, 0.2) is 9.84 Å². The second-order valence-electron chi connectivity index (χ2n) is 7.41. The maximum Gasteiger partial charge on any atom is 0.254 e. The molecule has 0 spiro atoms. The van der Waals surface area contributed by atoms with E-state index in [9.17, 15) is 13.2 Å². The van der Waals surface area contributed by atoms with Crippen LogP contribution in [0.25, 0.3) is 0 Å². The predicted molar refractivity (Wildman–Crippen MR) is 111 cm³/mol. The first-order valence-corrected chi connectivity index (χ1v) is 11.1. The Labute approximate surface area is 172 Å². The summed E-state index contributed by atoms with van der Waals surface area (Å²) >= 11 is 0. The largest absolute Gasteiger partial charge is 0.337 e. The van der Waals surface area contributed by atoms with Gasteiger partial charge < -0.3 is 10.2 Å². The van der Waals surface area contributed by atoms with E-state index in [0.29, 0.717) is 36.3 Å². The van der Waals surface area contributed by atoms with Crippen LogP contribution in [0.3, 0.4) is 0 Å². The summed E-state index contributed by atoms with van der Waals surface area (Å²) in [5, 5.41) is 3.57. The molecule has 0 radical (unpaired) electrons. The Morgan fingerprint density at radius 1 is 0.964 bits per heavy atom. The van der Waals surface area contributed by atoms with E-state index in [1.165, 1.54) is 6.42 Å². The van der Waals surface area contributed by atoms with Crippen LogP contribution >= 0.6 is 12.4 Å². The lowest BCUT2D eigenvalue weighted by Crippen LogP contribution is -2.39. The molecule has 2 saturated heterocycles. The summed E-state index contributed by atoms with van der Waals surface area (Å²) in [5.41, 5.74) is 1.06. The topological polar surface area (TPSA) is 66.5 Å². The molecular weight excluding hydrogens is 396 g/mol. The van der Waals surface area contributed by atoms with E-state index in [2.05, 4.69) is 5.32 Å². The molecule has 2 atom stereocenters. The van der Waals surface area contributed by atoms with Crippen LogP contribution in [0, 0.1) is 0 Å². The van der Waals surface area contributed by atoms with E-state index in [4.69, 9.17) is 0 Å². The number of carbonyl (C=O) groups is 1. The molecule has 2 aromatic rings. The predicted octanol–water partition coefficient (Wildman–Crippen LogP) is 3.05. The maximum absolute atomic E-state index is 13.2. The highest BCUT2D eigenvalue weighted by atomic mass is 35.5. The normalized spacial score (nSPS) is 21.6. The standard InChI is InChI=1S/C21H24N2O3S.ClH/c24-21(23-13-12-17-10-11-18(14-23)22-17)20-9-5-4-6-16(20)15-27(25,26)19-7-2-1-3-8-19;/h1-9,17-18,22H,10-15H2;1H. The van der Waals surface area contributed by atoms with Gasteiger partial charge in [0.1, 0.15) is 0 Å². The molecule has 2 fully saturated rings. The minimum atomic E-state index is -3.50. The lowest BCUT2D eigenvalue weighted by atomic mass is 10.0. The first-order chi connectivity index (χ1) is 13.0. The molecular formula is C21H25ClN2O3S. The molecule has 2 aliphatic rings. The van der Waals surface area contributed by atoms with Gasteiger partial charge >= 0.3 is 0 Å². The van der Waals surface area contributed by atoms with Crippen LogP contribution in [-0.4, -0.2) is 44.4 Å². The van der Waals surface area contributed by atoms with Crippen LogP contribution in [-0.2, 0) is 15.6 Å². The van der Waals surface area contributed by atoms with Crippen LogP contribution in [0.15, 0.2) is 59.5 Å². The van der Waals surface area contributed by atoms with Gasteiger partial charge in [-0.1, -0.05) is 36.4 Å². The van der Waals surface area contributed by atoms with Gasteiger partial charge in [-0.15, -0.1) is 12.4 Å². The lowest BCUT2D eigenvalue weighted by Gasteiger charge is -2.25. The van der Waals surface area contributed by atoms with Crippen molar-refractivity contribution in [1.82, 2.24) is 10.2 Å². The number of nitrogens with zero attached hydrogens (tertiary/aromatic N) is 1. The molecule has 1 N–H and O–H groups in total. The van der Waals surface area contributed by atoms with Crippen molar-refractivity contribution in [3.8, 4) is 0 Å². The molecule has 2 unspecified atom stereocenters. The van der Waals surface area contributed by atoms with Gasteiger partial charge in [-0.3, -0.25) is 4.79 Å². The molecule has 0 aliphatic carbocycles. The molecule has 28 heavy (non-hydrogen) atoms. The van der Waals surface area contributed by atoms with Gasteiger partial charge in [-0.05, 0) is 43.0 Å². The van der Waals surface area contributed by atoms with Gasteiger partial charge in [0.05, 0.1) is 10.6 Å². The summed E-state index contributed by atoms with van der Waals surface area (Å²) < 4.78 is 25.6. The molecule has 5 nitrogen and oxygen atoms in total. The highest BCUT2D eigenvalue weighted by Gasteiger charge is 2.32. The minimum Gasteiger partial charge on any atom is -0.337 e. The smallest absolute Gasteiger partial charge is 0.254 e. The van der Waals surface area contributed by atoms with Gasteiger partial charge in [0.2, 0.25) is 0 Å². The van der Waals surface area contributed by atoms with Gasteiger partial charge in [-0.25, -0.2) is 8.42 Å². The number of hydrogen-bond acceptors (Lipinski definition) is 4. The minimum absolute atomic E-state index is 0. The first kappa shape index (κ1) is 20.8. The zero-order chi connectivity index (χ0) is 18.9. The number of carbonyl (C=O) groups excluding carboxylic acids is 1. The monoisotopic (exact) mass is 420 g/mol. The molecule has 2 bridgehead atoms. The molecule has 2 heterocycles. The Kier molecular flexibility index (Phi) is 6.43. The Balaban J connectivity index is 0.00000225. The Bertz CT molecular complexity index is 934. The second-order valence-corrected chi connectivity index (χ2v) is 9.40. The summed E-state index contributed by atoms with van der Waals surface area (Å²) in [6.07, 6.45) is 3.23. The van der Waals surface area contributed by atoms with Crippen LogP contribution in [0.5, 0.6) is 0 Å². The average molecular weight is 421 g/mol. The SMILES string of the molecule is Cl.O=C(c1ccccc1CS(=O)(=O)c1ccccc1)N1CCC2CCC(C1)N2. The molecule has 0 saturated carbocycles. The number of sulfone groups is 1. The average Bonchev–Trinajstić information content (AvgIpc) is 3.01. The Hall–Kier alpha value is -1.89. The number of likely N-dealkylation sites (tertiary alicyclic amines) is 1. The Morgan fingerprint density at radius 2 is 1.64 bits per heavy atom. The molecule has 2 aliphatic heterocycles. The summed E-state index contributed by atoms with van der Waals surface area (Å²) in [6, 6.07) is 16.3. The van der Waals surface area contributed by atoms with E-state index in [-0.39, 0.29) is 29.0 Å². The van der Waals surface area contributed by atoms with Crippen molar-refractivity contribution in [2.24, 2.45) is 0 Å². The summed E-state index contributed by atoms with van der Waals surface area (Å²) in [6.45, 7) is 1.40. The third-order valence-electron chi connectivity index (χ3n) is 5.51. The summed E-state index contributed by atoms with van der Waals surface area (Å²) in [4.78, 5) is 15.3. The molecule has 4 rings (SSSR count). The van der Waals surface area contributed by atoms with E-state index in [0.717, 1.165) is 12.8 Å². The van der Waals surface area contributed by atoms with Crippen LogP contribution in [0.4, 0.5) is 0 Å². The molecule has 150 valence electrons. The van der Waals surface area contributed by atoms with Crippen LogP contribution < -0.4 is 5.32 Å². The van der Waals surface area contributed by atoms with Crippen molar-refractivity contribution in [3.05, 3.63) is 65.7 Å². The van der Waals surface area contributed by atoms with Crippen molar-refractivity contribution in [2.75, 3.05) is 13.1 Å². The Morgan fingerprint density at radius 3 is 2.43 bits per heavy atom. The van der Waals surface area contributed by atoms with E-state index >= 15 is 0 Å². The van der Waals surface area contributed by atoms with Gasteiger partial charge in [-0.2, -0.15) is 0 Å². The summed E-state index contributed by atoms with van der Waals surface area (Å²) in [5.74, 6) is -0.236. The lowest BCUT2D eigenvalue weighted by molar-refractivity contribution is 0.0747. The van der Waals surface area contributed by atoms with E-state index in [1.807, 2.05) is 4.90 Å². The van der Waals surface area contributed by atoms with Crippen molar-refractivity contribution < 1.29 is 13.2 Å². The van der Waals surface area contributed by atoms with Gasteiger partial charge in [0, 0.05) is 30.7 Å². The highest BCUT2D eigenvalue weighted by Crippen LogP contribution is 2.24. The third-order valence-corrected chi connectivity index (χ3v) is 7.19. The van der Waals surface area contributed by atoms with E-state index in [1.54, 1.807) is 54.6 Å². The second kappa shape index (κ2) is 8.64. The number of benzene rings is 2. The van der Waals surface area contributed by atoms with Crippen LogP contribution in [0.2, 0.25) is 0 Å². The highest BCUT2D eigenvalue weighted by molar-refractivity contribution is 7.90. The number of nitrogens with one attached hydrogen (secondary N) is 1. The number of hydrogen-bond donors (Lipinski definition) is 1. The molecule has 1 amide bonds. The zero-order valence-electron chi connectivity index (χ0n) is 15.6. The fourth-order valence-electron chi connectivity index (χ4n) is 4.07. The van der Waals surface area contributed by atoms with Crippen molar-refractivity contribution >= 4 is 28.2 Å². The molecule has 0 aromatic heterocycles. The molecule has 7 heteroatoms. The first-order valence-electron chi connectivity index (χ1n) is 9.44. The van der Waals surface area contributed by atoms with Crippen molar-refractivity contribution in [3.63, 3.8) is 0 Å². The van der Waals surface area contributed by atoms with Crippen molar-refractivity contribution in [2.45, 2.75) is 42.0 Å². The zero-order valence-corrected chi connectivity index (χ0v) is 17.2. The third kappa shape index (κ3) is 4.40. The van der Waals surface area contributed by atoms with Crippen molar-refractivity contribution in [1.29, 1.82) is 0 Å². The fraction of sp³-hybridized carbons (Fsp3) is 0.381. The molecule has 2 aromatic carbocycles. The number of fused-ring (bicyclic) bond motifs is 2. The fourth-order valence-corrected chi connectivity index (χ4v) is 5.47. The van der Waals surface area contributed by atoms with Crippen LogP contribution in [0.1, 0.15) is 35.2 Å². The quantitative estimate of drug-likeness (QED) is 0.825.